The highest BCUT2D eigenvalue weighted by atomic mass is 16.5. The van der Waals surface area contributed by atoms with E-state index in [-0.39, 0.29) is 18.0 Å². The number of unbranched alkanes of at least 4 members (excludes halogenated alkanes) is 26. The van der Waals surface area contributed by atoms with Crippen molar-refractivity contribution in [2.45, 2.75) is 251 Å². The molecule has 0 radical (unpaired) electrons. The first-order valence-electron chi connectivity index (χ1n) is 23.2. The molecule has 0 saturated carbocycles. The first-order valence-corrected chi connectivity index (χ1v) is 23.2. The van der Waals surface area contributed by atoms with Crippen molar-refractivity contribution in [3.8, 4) is 0 Å². The van der Waals surface area contributed by atoms with Gasteiger partial charge in [-0.1, -0.05) is 186 Å². The van der Waals surface area contributed by atoms with Crippen LogP contribution in [0.2, 0.25) is 0 Å². The molecule has 0 fully saturated rings. The molecule has 0 aromatic carbocycles. The molecule has 54 heavy (non-hydrogen) atoms. The highest BCUT2D eigenvalue weighted by Crippen LogP contribution is 2.17. The zero-order valence-electron chi connectivity index (χ0n) is 35.6. The van der Waals surface area contributed by atoms with Crippen LogP contribution in [0.25, 0.3) is 0 Å². The molecule has 0 aliphatic heterocycles. The van der Waals surface area contributed by atoms with Gasteiger partial charge < -0.3 is 20.9 Å². The molecule has 0 aliphatic rings. The van der Waals surface area contributed by atoms with E-state index in [1.54, 1.807) is 0 Å². The van der Waals surface area contributed by atoms with Gasteiger partial charge in [-0.2, -0.15) is 0 Å². The van der Waals surface area contributed by atoms with Gasteiger partial charge in [0.25, 0.3) is 0 Å². The average Bonchev–Trinajstić information content (AvgIpc) is 3.16. The number of ether oxygens (including phenoxy) is 1. The first-order chi connectivity index (χ1) is 26.4. The van der Waals surface area contributed by atoms with Gasteiger partial charge in [0.15, 0.2) is 0 Å². The molecule has 0 spiro atoms. The van der Waals surface area contributed by atoms with Crippen molar-refractivity contribution in [1.82, 2.24) is 5.32 Å². The van der Waals surface area contributed by atoms with Crippen LogP contribution in [-0.2, 0) is 19.1 Å². The SMILES string of the molecule is CCCCCC/C=C\C/C=C\C(CCCCCCC(=O)NC(CCCN)C(=O)O)OC(=O)CCCCCCCCCCCCCCCCCCCCCC. The Balaban J connectivity index is 4.18. The lowest BCUT2D eigenvalue weighted by molar-refractivity contribution is -0.147. The Morgan fingerprint density at radius 2 is 1.02 bits per heavy atom. The van der Waals surface area contributed by atoms with Gasteiger partial charge in [0, 0.05) is 12.8 Å². The summed E-state index contributed by atoms with van der Waals surface area (Å²) in [4.78, 5) is 36.4. The molecule has 0 rings (SSSR count). The fourth-order valence-corrected chi connectivity index (χ4v) is 6.99. The third-order valence-corrected chi connectivity index (χ3v) is 10.5. The number of nitrogens with two attached hydrogens (primary N) is 1. The summed E-state index contributed by atoms with van der Waals surface area (Å²) in [7, 11) is 0. The fourth-order valence-electron chi connectivity index (χ4n) is 6.99. The van der Waals surface area contributed by atoms with Crippen molar-refractivity contribution in [2.75, 3.05) is 6.54 Å². The summed E-state index contributed by atoms with van der Waals surface area (Å²) in [5.41, 5.74) is 5.49. The molecule has 0 bridgehead atoms. The van der Waals surface area contributed by atoms with Crippen LogP contribution in [0, 0.1) is 0 Å². The third-order valence-electron chi connectivity index (χ3n) is 10.5. The number of esters is 1. The molecule has 316 valence electrons. The second-order valence-corrected chi connectivity index (χ2v) is 15.8. The standard InChI is InChI=1S/C47H88N2O5/c1-3-5-7-9-11-13-14-15-16-17-18-19-20-21-22-23-25-27-29-35-41-46(51)54-43(37-32-28-26-24-12-10-8-6-4-2)38-33-30-31-34-40-45(50)49-44(47(52)53)39-36-42-48/h24,26,32,37,43-44H,3-23,25,27-31,33-36,38-42,48H2,1-2H3,(H,49,50)(H,52,53)/b26-24-,37-32-. The molecule has 0 aromatic heterocycles. The van der Waals surface area contributed by atoms with E-state index in [0.29, 0.717) is 38.6 Å². The number of carboxylic acid groups (broad SMARTS) is 1. The molecule has 0 aromatic rings. The van der Waals surface area contributed by atoms with Crippen molar-refractivity contribution in [1.29, 1.82) is 0 Å². The number of allylic oxidation sites excluding steroid dienone is 3. The largest absolute Gasteiger partial charge is 0.480 e. The molecule has 7 heteroatoms. The van der Waals surface area contributed by atoms with Crippen LogP contribution in [-0.4, -0.2) is 41.6 Å². The van der Waals surface area contributed by atoms with Gasteiger partial charge >= 0.3 is 11.9 Å². The molecule has 0 heterocycles. The van der Waals surface area contributed by atoms with Gasteiger partial charge in [-0.15, -0.1) is 0 Å². The number of rotatable bonds is 42. The highest BCUT2D eigenvalue weighted by Gasteiger charge is 2.19. The first kappa shape index (κ1) is 51.9. The summed E-state index contributed by atoms with van der Waals surface area (Å²) in [5.74, 6) is -1.34. The lowest BCUT2D eigenvalue weighted by Gasteiger charge is -2.15. The molecule has 0 saturated heterocycles. The number of nitrogens with one attached hydrogen (secondary N) is 1. The van der Waals surface area contributed by atoms with Gasteiger partial charge in [-0.3, -0.25) is 9.59 Å². The fraction of sp³-hybridized carbons (Fsp3) is 0.851. The smallest absolute Gasteiger partial charge is 0.326 e. The Hall–Kier alpha value is -2.15. The van der Waals surface area contributed by atoms with E-state index in [9.17, 15) is 19.5 Å². The molecular weight excluding hydrogens is 673 g/mol. The summed E-state index contributed by atoms with van der Waals surface area (Å²) < 4.78 is 5.93. The molecule has 4 N–H and O–H groups in total. The number of carbonyl (C=O) groups is 3. The Morgan fingerprint density at radius 3 is 1.52 bits per heavy atom. The van der Waals surface area contributed by atoms with E-state index in [0.717, 1.165) is 51.4 Å². The maximum Gasteiger partial charge on any atom is 0.326 e. The summed E-state index contributed by atoms with van der Waals surface area (Å²) >= 11 is 0. The monoisotopic (exact) mass is 761 g/mol. The van der Waals surface area contributed by atoms with Crippen LogP contribution in [0.3, 0.4) is 0 Å². The summed E-state index contributed by atoms with van der Waals surface area (Å²) in [6.07, 6.45) is 48.2. The number of hydrogen-bond donors (Lipinski definition) is 3. The van der Waals surface area contributed by atoms with Crippen molar-refractivity contribution in [3.05, 3.63) is 24.3 Å². The lowest BCUT2D eigenvalue weighted by Crippen LogP contribution is -2.40. The normalized spacial score (nSPS) is 12.8. The minimum Gasteiger partial charge on any atom is -0.480 e. The quantitative estimate of drug-likeness (QED) is 0.0324. The van der Waals surface area contributed by atoms with Gasteiger partial charge in [0.05, 0.1) is 0 Å². The molecule has 2 unspecified atom stereocenters. The number of carbonyl (C=O) groups excluding carboxylic acids is 2. The Kier molecular flexibility index (Phi) is 40.3. The van der Waals surface area contributed by atoms with Crippen LogP contribution < -0.4 is 11.1 Å². The van der Waals surface area contributed by atoms with Gasteiger partial charge in [0.2, 0.25) is 5.91 Å². The molecule has 2 atom stereocenters. The average molecular weight is 761 g/mol. The van der Waals surface area contributed by atoms with Gasteiger partial charge in [-0.25, -0.2) is 4.79 Å². The predicted molar refractivity (Wildman–Crippen MR) is 230 cm³/mol. The summed E-state index contributed by atoms with van der Waals surface area (Å²) in [6.45, 7) is 4.92. The Bertz CT molecular complexity index is 905. The minimum atomic E-state index is -1.02. The Labute approximate surface area is 333 Å². The van der Waals surface area contributed by atoms with Crippen LogP contribution in [0.4, 0.5) is 0 Å². The minimum absolute atomic E-state index is 0.0992. The van der Waals surface area contributed by atoms with Gasteiger partial charge in [-0.05, 0) is 70.4 Å². The van der Waals surface area contributed by atoms with Crippen molar-refractivity contribution >= 4 is 17.8 Å². The summed E-state index contributed by atoms with van der Waals surface area (Å²) in [5, 5.41) is 11.9. The van der Waals surface area contributed by atoms with E-state index in [1.807, 2.05) is 0 Å². The zero-order chi connectivity index (χ0) is 39.6. The maximum atomic E-state index is 12.8. The second kappa shape index (κ2) is 42.0. The number of carboxylic acids is 1. The van der Waals surface area contributed by atoms with E-state index in [2.05, 4.69) is 43.5 Å². The number of hydrogen-bond acceptors (Lipinski definition) is 5. The van der Waals surface area contributed by atoms with E-state index >= 15 is 0 Å². The van der Waals surface area contributed by atoms with Crippen molar-refractivity contribution < 1.29 is 24.2 Å². The Morgan fingerprint density at radius 1 is 0.556 bits per heavy atom. The highest BCUT2D eigenvalue weighted by molar-refractivity contribution is 5.83. The van der Waals surface area contributed by atoms with Gasteiger partial charge in [0.1, 0.15) is 12.1 Å². The number of amides is 1. The van der Waals surface area contributed by atoms with Crippen LogP contribution >= 0.6 is 0 Å². The van der Waals surface area contributed by atoms with Crippen molar-refractivity contribution in [2.24, 2.45) is 5.73 Å². The molecule has 1 amide bonds. The maximum absolute atomic E-state index is 12.8. The third kappa shape index (κ3) is 38.1. The lowest BCUT2D eigenvalue weighted by atomic mass is 10.0. The van der Waals surface area contributed by atoms with E-state index in [4.69, 9.17) is 10.5 Å². The number of aliphatic carboxylic acids is 1. The molecular formula is C47H88N2O5. The van der Waals surface area contributed by atoms with E-state index in [1.165, 1.54) is 141 Å². The van der Waals surface area contributed by atoms with Crippen molar-refractivity contribution in [3.63, 3.8) is 0 Å². The van der Waals surface area contributed by atoms with E-state index < -0.39 is 12.0 Å². The van der Waals surface area contributed by atoms with Crippen LogP contribution in [0.5, 0.6) is 0 Å². The molecule has 0 aliphatic carbocycles. The second-order valence-electron chi connectivity index (χ2n) is 15.8. The molecule has 7 nitrogen and oxygen atoms in total. The van der Waals surface area contributed by atoms with Crippen LogP contribution in [0.15, 0.2) is 24.3 Å². The van der Waals surface area contributed by atoms with Crippen LogP contribution in [0.1, 0.15) is 239 Å². The predicted octanol–water partition coefficient (Wildman–Crippen LogP) is 13.2. The zero-order valence-corrected chi connectivity index (χ0v) is 35.6. The topological polar surface area (TPSA) is 119 Å². The summed E-state index contributed by atoms with van der Waals surface area (Å²) in [6, 6.07) is -0.872.